The number of aromatic nitrogens is 2. The summed E-state index contributed by atoms with van der Waals surface area (Å²) in [6.07, 6.45) is 0. The number of ether oxygens (including phenoxy) is 1. The molecular formula is C21H20N4O3. The molecule has 0 bridgehead atoms. The Hall–Kier alpha value is -3.74. The highest BCUT2D eigenvalue weighted by atomic mass is 16.5. The van der Waals surface area contributed by atoms with Crippen LogP contribution in [0.1, 0.15) is 32.1 Å². The summed E-state index contributed by atoms with van der Waals surface area (Å²) >= 11 is 0. The lowest BCUT2D eigenvalue weighted by molar-refractivity contribution is 0.0602. The number of esters is 1. The van der Waals surface area contributed by atoms with E-state index in [1.165, 1.54) is 7.11 Å². The number of nitrogens with zero attached hydrogens (tertiary/aromatic N) is 2. The van der Waals surface area contributed by atoms with Crippen molar-refractivity contribution < 1.29 is 14.3 Å². The summed E-state index contributed by atoms with van der Waals surface area (Å²) < 4.78 is 4.75. The van der Waals surface area contributed by atoms with Gasteiger partial charge >= 0.3 is 5.97 Å². The molecule has 7 nitrogen and oxygen atoms in total. The molecule has 1 aromatic heterocycles. The topological polar surface area (TPSA) is 93.2 Å². The van der Waals surface area contributed by atoms with Gasteiger partial charge in [0.15, 0.2) is 0 Å². The van der Waals surface area contributed by atoms with E-state index >= 15 is 0 Å². The summed E-state index contributed by atoms with van der Waals surface area (Å²) in [5, 5.41) is 5.86. The number of nitrogens with one attached hydrogen (secondary N) is 2. The first-order valence-corrected chi connectivity index (χ1v) is 8.64. The molecule has 3 rings (SSSR count). The van der Waals surface area contributed by atoms with Gasteiger partial charge in [-0.2, -0.15) is 0 Å². The molecule has 0 spiro atoms. The fraction of sp³-hybridized carbons (Fsp3) is 0.143. The first kappa shape index (κ1) is 19.0. The Balaban J connectivity index is 1.80. The number of hydrogen-bond acceptors (Lipinski definition) is 6. The highest BCUT2D eigenvalue weighted by Gasteiger charge is 2.14. The van der Waals surface area contributed by atoms with Crippen molar-refractivity contribution in [1.82, 2.24) is 9.97 Å². The number of anilines is 3. The molecule has 0 radical (unpaired) electrons. The van der Waals surface area contributed by atoms with Gasteiger partial charge in [0.1, 0.15) is 0 Å². The number of hydrogen-bond donors (Lipinski definition) is 2. The van der Waals surface area contributed by atoms with Gasteiger partial charge in [-0.3, -0.25) is 4.79 Å². The maximum Gasteiger partial charge on any atom is 0.339 e. The van der Waals surface area contributed by atoms with Crippen molar-refractivity contribution in [3.8, 4) is 0 Å². The summed E-state index contributed by atoms with van der Waals surface area (Å²) in [6, 6.07) is 15.5. The first-order valence-electron chi connectivity index (χ1n) is 8.64. The van der Waals surface area contributed by atoms with Gasteiger partial charge in [0.05, 0.1) is 18.4 Å². The second kappa shape index (κ2) is 8.30. The van der Waals surface area contributed by atoms with Crippen LogP contribution in [0, 0.1) is 13.8 Å². The molecule has 0 saturated carbocycles. The molecule has 0 unspecified atom stereocenters. The molecule has 1 amide bonds. The van der Waals surface area contributed by atoms with Gasteiger partial charge in [0.25, 0.3) is 5.91 Å². The van der Waals surface area contributed by atoms with Gasteiger partial charge < -0.3 is 15.4 Å². The summed E-state index contributed by atoms with van der Waals surface area (Å²) in [5.74, 6) is -0.397. The molecular weight excluding hydrogens is 356 g/mol. The van der Waals surface area contributed by atoms with E-state index in [1.54, 1.807) is 42.5 Å². The Morgan fingerprint density at radius 1 is 0.929 bits per heavy atom. The maximum atomic E-state index is 12.7. The SMILES string of the molecule is COC(=O)c1ccccc1NC(=O)c1cccc(Nc2nc(C)cc(C)n2)c1. The van der Waals surface area contributed by atoms with E-state index in [0.717, 1.165) is 11.4 Å². The lowest BCUT2D eigenvalue weighted by Crippen LogP contribution is -2.15. The molecule has 0 atom stereocenters. The van der Waals surface area contributed by atoms with Crippen LogP contribution < -0.4 is 10.6 Å². The van der Waals surface area contributed by atoms with Crippen molar-refractivity contribution in [3.63, 3.8) is 0 Å². The Bertz CT molecular complexity index is 1010. The molecule has 0 saturated heterocycles. The molecule has 7 heteroatoms. The van der Waals surface area contributed by atoms with E-state index in [2.05, 4.69) is 20.6 Å². The Labute approximate surface area is 162 Å². The van der Waals surface area contributed by atoms with E-state index in [4.69, 9.17) is 4.74 Å². The molecule has 28 heavy (non-hydrogen) atoms. The number of carbonyl (C=O) groups is 2. The number of methoxy groups -OCH3 is 1. The third-order valence-corrected chi connectivity index (χ3v) is 3.94. The normalized spacial score (nSPS) is 10.2. The van der Waals surface area contributed by atoms with Crippen molar-refractivity contribution >= 4 is 29.2 Å². The minimum atomic E-state index is -0.515. The summed E-state index contributed by atoms with van der Waals surface area (Å²) in [6.45, 7) is 3.78. The largest absolute Gasteiger partial charge is 0.465 e. The molecule has 2 aromatic carbocycles. The standard InChI is InChI=1S/C21H20N4O3/c1-13-11-14(2)23-21(22-13)24-16-8-6-7-15(12-16)19(26)25-18-10-5-4-9-17(18)20(27)28-3/h4-12H,1-3H3,(H,25,26)(H,22,23,24). The fourth-order valence-electron chi connectivity index (χ4n) is 2.72. The average molecular weight is 376 g/mol. The summed E-state index contributed by atoms with van der Waals surface area (Å²) in [4.78, 5) is 33.2. The number of aryl methyl sites for hydroxylation is 2. The average Bonchev–Trinajstić information content (AvgIpc) is 2.67. The van der Waals surface area contributed by atoms with Crippen LogP contribution in [0.4, 0.5) is 17.3 Å². The predicted octanol–water partition coefficient (Wildman–Crippen LogP) is 3.88. The number of rotatable bonds is 5. The van der Waals surface area contributed by atoms with Crippen LogP contribution in [-0.2, 0) is 4.74 Å². The van der Waals surface area contributed by atoms with Crippen LogP contribution in [0.15, 0.2) is 54.6 Å². The second-order valence-corrected chi connectivity index (χ2v) is 6.17. The quantitative estimate of drug-likeness (QED) is 0.657. The molecule has 0 aliphatic heterocycles. The van der Waals surface area contributed by atoms with Crippen molar-refractivity contribution in [2.45, 2.75) is 13.8 Å². The number of benzene rings is 2. The van der Waals surface area contributed by atoms with Crippen LogP contribution >= 0.6 is 0 Å². The molecule has 0 fully saturated rings. The van der Waals surface area contributed by atoms with Crippen LogP contribution in [0.5, 0.6) is 0 Å². The van der Waals surface area contributed by atoms with Crippen molar-refractivity contribution in [2.75, 3.05) is 17.7 Å². The minimum absolute atomic E-state index is 0.288. The number of carbonyl (C=O) groups excluding carboxylic acids is 2. The van der Waals surface area contributed by atoms with Crippen LogP contribution in [-0.4, -0.2) is 29.0 Å². The first-order chi connectivity index (χ1) is 13.5. The van der Waals surface area contributed by atoms with Crippen molar-refractivity contribution in [2.24, 2.45) is 0 Å². The Kier molecular flexibility index (Phi) is 5.64. The van der Waals surface area contributed by atoms with Crippen LogP contribution in [0.2, 0.25) is 0 Å². The van der Waals surface area contributed by atoms with Crippen LogP contribution in [0.25, 0.3) is 0 Å². The van der Waals surface area contributed by atoms with E-state index in [1.807, 2.05) is 26.0 Å². The second-order valence-electron chi connectivity index (χ2n) is 6.17. The minimum Gasteiger partial charge on any atom is -0.465 e. The van der Waals surface area contributed by atoms with E-state index in [9.17, 15) is 9.59 Å². The smallest absolute Gasteiger partial charge is 0.339 e. The summed E-state index contributed by atoms with van der Waals surface area (Å²) in [7, 11) is 1.30. The van der Waals surface area contributed by atoms with Crippen molar-refractivity contribution in [1.29, 1.82) is 0 Å². The summed E-state index contributed by atoms with van der Waals surface area (Å²) in [5.41, 5.74) is 3.48. The zero-order valence-corrected chi connectivity index (χ0v) is 15.8. The fourth-order valence-corrected chi connectivity index (χ4v) is 2.72. The molecule has 2 N–H and O–H groups in total. The van der Waals surface area contributed by atoms with Gasteiger partial charge in [-0.05, 0) is 50.2 Å². The third-order valence-electron chi connectivity index (χ3n) is 3.94. The molecule has 0 aliphatic carbocycles. The Morgan fingerprint density at radius 3 is 2.36 bits per heavy atom. The van der Waals surface area contributed by atoms with E-state index < -0.39 is 5.97 Å². The Morgan fingerprint density at radius 2 is 1.64 bits per heavy atom. The van der Waals surface area contributed by atoms with Gasteiger partial charge in [-0.1, -0.05) is 18.2 Å². The number of amides is 1. The zero-order valence-electron chi connectivity index (χ0n) is 15.8. The molecule has 142 valence electrons. The third kappa shape index (κ3) is 4.50. The van der Waals surface area contributed by atoms with Gasteiger partial charge in [-0.15, -0.1) is 0 Å². The van der Waals surface area contributed by atoms with Gasteiger partial charge in [0, 0.05) is 22.6 Å². The highest BCUT2D eigenvalue weighted by Crippen LogP contribution is 2.19. The highest BCUT2D eigenvalue weighted by molar-refractivity contribution is 6.08. The van der Waals surface area contributed by atoms with Crippen molar-refractivity contribution in [3.05, 3.63) is 77.1 Å². The van der Waals surface area contributed by atoms with E-state index in [-0.39, 0.29) is 11.5 Å². The lowest BCUT2D eigenvalue weighted by atomic mass is 10.1. The molecule has 3 aromatic rings. The lowest BCUT2D eigenvalue weighted by Gasteiger charge is -2.11. The number of para-hydroxylation sites is 1. The predicted molar refractivity (Wildman–Crippen MR) is 107 cm³/mol. The van der Waals surface area contributed by atoms with E-state index in [0.29, 0.717) is 22.9 Å². The monoisotopic (exact) mass is 376 g/mol. The van der Waals surface area contributed by atoms with Crippen LogP contribution in [0.3, 0.4) is 0 Å². The zero-order chi connectivity index (χ0) is 20.1. The van der Waals surface area contributed by atoms with Gasteiger partial charge in [-0.25, -0.2) is 14.8 Å². The van der Waals surface area contributed by atoms with Gasteiger partial charge in [0.2, 0.25) is 5.95 Å². The molecule has 0 aliphatic rings. The maximum absolute atomic E-state index is 12.7. The molecule has 1 heterocycles.